The third kappa shape index (κ3) is 8.20. The largest absolute Gasteiger partial charge is 0.461 e. The number of carbonyl (C=O) groups is 2. The van der Waals surface area contributed by atoms with E-state index in [0.29, 0.717) is 13.0 Å². The summed E-state index contributed by atoms with van der Waals surface area (Å²) < 4.78 is 11.6. The molecule has 6 unspecified atom stereocenters. The molecule has 2 saturated heterocycles. The number of thiol groups is 1. The number of nitrogens with two attached hydrogens (primary N) is 1. The minimum absolute atomic E-state index is 0.170. The Morgan fingerprint density at radius 1 is 1.23 bits per heavy atom. The number of rotatable bonds is 8. The molecule has 0 spiro atoms. The van der Waals surface area contributed by atoms with Gasteiger partial charge in [-0.15, -0.1) is 12.6 Å². The maximum atomic E-state index is 13.2. The van der Waals surface area contributed by atoms with Crippen LogP contribution in [-0.2, 0) is 25.5 Å². The standard InChI is InChI=1S/C26H39NO5S.CH5N/c1-4-21(16-20-10-6-5-7-11-20)19(3)31-25(29)22-12-8-9-15-27(22)23(28)17-26(30)18(2)13-14-24(33)32-26;1-2/h5-7,10-11,18-19,21-22,24,30,33H,4,8-9,12-17H2,1-3H3;2H2,1H3. The van der Waals surface area contributed by atoms with Gasteiger partial charge in [0.2, 0.25) is 5.91 Å². The van der Waals surface area contributed by atoms with Crippen LogP contribution in [0.4, 0.5) is 0 Å². The molecule has 0 saturated carbocycles. The Hall–Kier alpha value is -1.61. The Bertz CT molecular complexity index is 795. The summed E-state index contributed by atoms with van der Waals surface area (Å²) in [5.74, 6) is -2.14. The molecule has 6 atom stereocenters. The molecule has 8 heteroatoms. The van der Waals surface area contributed by atoms with E-state index in [-0.39, 0.29) is 36.2 Å². The van der Waals surface area contributed by atoms with Crippen molar-refractivity contribution in [1.29, 1.82) is 0 Å². The molecule has 0 radical (unpaired) electrons. The molecule has 2 fully saturated rings. The molecule has 1 aromatic rings. The molecule has 198 valence electrons. The van der Waals surface area contributed by atoms with Gasteiger partial charge in [0, 0.05) is 12.5 Å². The van der Waals surface area contributed by atoms with Gasteiger partial charge < -0.3 is 25.2 Å². The monoisotopic (exact) mass is 508 g/mol. The number of esters is 1. The molecule has 2 aliphatic rings. The van der Waals surface area contributed by atoms with Crippen molar-refractivity contribution in [1.82, 2.24) is 4.90 Å². The van der Waals surface area contributed by atoms with Crippen LogP contribution in [0.5, 0.6) is 0 Å². The Morgan fingerprint density at radius 2 is 1.91 bits per heavy atom. The smallest absolute Gasteiger partial charge is 0.329 e. The summed E-state index contributed by atoms with van der Waals surface area (Å²) in [5, 5.41) is 11.0. The van der Waals surface area contributed by atoms with Crippen molar-refractivity contribution in [2.45, 2.75) is 95.5 Å². The van der Waals surface area contributed by atoms with Gasteiger partial charge in [0.15, 0.2) is 5.79 Å². The predicted molar refractivity (Wildman–Crippen MR) is 141 cm³/mol. The van der Waals surface area contributed by atoms with Crippen LogP contribution in [0.25, 0.3) is 0 Å². The summed E-state index contributed by atoms with van der Waals surface area (Å²) in [6, 6.07) is 9.60. The highest BCUT2D eigenvalue weighted by molar-refractivity contribution is 7.80. The second kappa shape index (κ2) is 14.2. The lowest BCUT2D eigenvalue weighted by atomic mass is 9.89. The second-order valence-corrected chi connectivity index (χ2v) is 10.2. The van der Waals surface area contributed by atoms with Gasteiger partial charge in [-0.05, 0) is 70.4 Å². The van der Waals surface area contributed by atoms with Gasteiger partial charge in [0.1, 0.15) is 17.6 Å². The first-order valence-electron chi connectivity index (χ1n) is 12.9. The van der Waals surface area contributed by atoms with Crippen LogP contribution < -0.4 is 5.73 Å². The molecule has 7 nitrogen and oxygen atoms in total. The molecule has 1 amide bonds. The minimum Gasteiger partial charge on any atom is -0.461 e. The van der Waals surface area contributed by atoms with E-state index in [4.69, 9.17) is 9.47 Å². The molecule has 2 heterocycles. The van der Waals surface area contributed by atoms with E-state index in [9.17, 15) is 14.7 Å². The zero-order valence-electron chi connectivity index (χ0n) is 21.7. The molecule has 0 bridgehead atoms. The Kier molecular flexibility index (Phi) is 12.0. The van der Waals surface area contributed by atoms with Crippen LogP contribution in [0.15, 0.2) is 30.3 Å². The van der Waals surface area contributed by atoms with E-state index in [2.05, 4.69) is 37.4 Å². The lowest BCUT2D eigenvalue weighted by Gasteiger charge is -2.42. The summed E-state index contributed by atoms with van der Waals surface area (Å²) in [6.07, 6.45) is 5.07. The van der Waals surface area contributed by atoms with Crippen LogP contribution in [0, 0.1) is 11.8 Å². The van der Waals surface area contributed by atoms with Crippen molar-refractivity contribution in [2.24, 2.45) is 17.6 Å². The number of aliphatic hydroxyl groups is 1. The number of carbonyl (C=O) groups excluding carboxylic acids is 2. The third-order valence-electron chi connectivity index (χ3n) is 7.29. The first-order valence-corrected chi connectivity index (χ1v) is 13.4. The number of ether oxygens (including phenoxy) is 2. The number of hydrogen-bond donors (Lipinski definition) is 3. The first-order chi connectivity index (χ1) is 16.7. The predicted octanol–water partition coefficient (Wildman–Crippen LogP) is 3.92. The summed E-state index contributed by atoms with van der Waals surface area (Å²) in [4.78, 5) is 28.0. The van der Waals surface area contributed by atoms with Gasteiger partial charge in [-0.1, -0.05) is 44.2 Å². The summed E-state index contributed by atoms with van der Waals surface area (Å²) in [7, 11) is 1.50. The highest BCUT2D eigenvalue weighted by Gasteiger charge is 2.45. The Balaban J connectivity index is 0.00000210. The number of hydrogen-bond acceptors (Lipinski definition) is 7. The van der Waals surface area contributed by atoms with E-state index in [0.717, 1.165) is 38.5 Å². The molecule has 0 aromatic heterocycles. The third-order valence-corrected chi connectivity index (χ3v) is 7.65. The Morgan fingerprint density at radius 3 is 2.57 bits per heavy atom. The van der Waals surface area contributed by atoms with Crippen LogP contribution in [0.2, 0.25) is 0 Å². The van der Waals surface area contributed by atoms with Gasteiger partial charge in [-0.25, -0.2) is 4.79 Å². The quantitative estimate of drug-likeness (QED) is 0.363. The molecule has 2 aliphatic heterocycles. The average molecular weight is 509 g/mol. The molecule has 3 rings (SSSR count). The maximum Gasteiger partial charge on any atom is 0.329 e. The molecular formula is C27H44N2O5S. The number of piperidine rings is 1. The van der Waals surface area contributed by atoms with Gasteiger partial charge in [-0.3, -0.25) is 4.79 Å². The number of benzene rings is 1. The summed E-state index contributed by atoms with van der Waals surface area (Å²) in [6.45, 7) is 6.42. The minimum atomic E-state index is -1.55. The van der Waals surface area contributed by atoms with Crippen molar-refractivity contribution in [2.75, 3.05) is 13.6 Å². The Labute approximate surface area is 216 Å². The normalized spacial score (nSPS) is 28.3. The first kappa shape index (κ1) is 29.6. The van der Waals surface area contributed by atoms with Gasteiger partial charge >= 0.3 is 5.97 Å². The molecular weight excluding hydrogens is 464 g/mol. The second-order valence-electron chi connectivity index (χ2n) is 9.67. The van der Waals surface area contributed by atoms with Crippen molar-refractivity contribution in [3.8, 4) is 0 Å². The van der Waals surface area contributed by atoms with E-state index < -0.39 is 17.3 Å². The maximum absolute atomic E-state index is 13.2. The molecule has 1 aromatic carbocycles. The van der Waals surface area contributed by atoms with Crippen molar-refractivity contribution in [3.63, 3.8) is 0 Å². The van der Waals surface area contributed by atoms with Crippen molar-refractivity contribution >= 4 is 24.5 Å². The van der Waals surface area contributed by atoms with Crippen LogP contribution in [0.1, 0.15) is 71.3 Å². The molecule has 3 N–H and O–H groups in total. The SMILES string of the molecule is CCC(Cc1ccccc1)C(C)OC(=O)C1CCCCN1C(=O)CC1(O)OC(S)CCC1C.CN. The van der Waals surface area contributed by atoms with E-state index in [1.165, 1.54) is 12.6 Å². The number of nitrogens with zero attached hydrogens (tertiary/aromatic N) is 1. The van der Waals surface area contributed by atoms with Crippen LogP contribution in [-0.4, -0.2) is 58.8 Å². The number of likely N-dealkylation sites (tertiary alicyclic amines) is 1. The van der Waals surface area contributed by atoms with Crippen molar-refractivity contribution in [3.05, 3.63) is 35.9 Å². The van der Waals surface area contributed by atoms with Crippen LogP contribution in [0.3, 0.4) is 0 Å². The van der Waals surface area contributed by atoms with Crippen LogP contribution >= 0.6 is 12.6 Å². The van der Waals surface area contributed by atoms with E-state index >= 15 is 0 Å². The van der Waals surface area contributed by atoms with Gasteiger partial charge in [0.05, 0.1) is 6.42 Å². The van der Waals surface area contributed by atoms with Crippen molar-refractivity contribution < 1.29 is 24.2 Å². The average Bonchev–Trinajstić information content (AvgIpc) is 2.86. The molecule has 35 heavy (non-hydrogen) atoms. The number of amides is 1. The highest BCUT2D eigenvalue weighted by Crippen LogP contribution is 2.37. The summed E-state index contributed by atoms with van der Waals surface area (Å²) >= 11 is 4.34. The summed E-state index contributed by atoms with van der Waals surface area (Å²) in [5.41, 5.74) is 5.33. The highest BCUT2D eigenvalue weighted by atomic mass is 32.1. The zero-order valence-corrected chi connectivity index (χ0v) is 22.6. The lowest BCUT2D eigenvalue weighted by molar-refractivity contribution is -0.263. The fourth-order valence-electron chi connectivity index (χ4n) is 4.96. The zero-order chi connectivity index (χ0) is 26.0. The molecule has 0 aliphatic carbocycles. The fourth-order valence-corrected chi connectivity index (χ4v) is 5.29. The lowest BCUT2D eigenvalue weighted by Crippen LogP contribution is -2.54. The van der Waals surface area contributed by atoms with Gasteiger partial charge in [-0.2, -0.15) is 0 Å². The van der Waals surface area contributed by atoms with E-state index in [1.54, 1.807) is 4.90 Å². The van der Waals surface area contributed by atoms with E-state index in [1.807, 2.05) is 32.0 Å². The topological polar surface area (TPSA) is 102 Å². The fraction of sp³-hybridized carbons (Fsp3) is 0.704. The van der Waals surface area contributed by atoms with Gasteiger partial charge in [0.25, 0.3) is 0 Å².